The third-order valence-corrected chi connectivity index (χ3v) is 9.45. The molecule has 3 aromatic heterocycles. The minimum atomic E-state index is -3.44. The largest absolute Gasteiger partial charge is 0.477 e. The highest BCUT2D eigenvalue weighted by molar-refractivity contribution is 7.93. The van der Waals surface area contributed by atoms with Gasteiger partial charge in [0.2, 0.25) is 15.9 Å². The average Bonchev–Trinajstić information content (AvgIpc) is 3.66. The summed E-state index contributed by atoms with van der Waals surface area (Å²) in [7, 11) is -3.44. The Balaban J connectivity index is 1.61. The number of hydrogen-bond acceptors (Lipinski definition) is 10. The first kappa shape index (κ1) is 25.5. The van der Waals surface area contributed by atoms with Crippen LogP contribution in [0.1, 0.15) is 59.7 Å². The number of piperidine rings is 1. The zero-order chi connectivity index (χ0) is 26.0. The van der Waals surface area contributed by atoms with Crippen molar-refractivity contribution in [2.24, 2.45) is 11.7 Å². The molecule has 1 atom stereocenters. The van der Waals surface area contributed by atoms with Gasteiger partial charge in [-0.2, -0.15) is 0 Å². The number of sulfonamides is 1. The van der Waals surface area contributed by atoms with Gasteiger partial charge in [-0.1, -0.05) is 0 Å². The summed E-state index contributed by atoms with van der Waals surface area (Å²) < 4.78 is 33.4. The quantitative estimate of drug-likeness (QED) is 0.349. The molecule has 13 heteroatoms. The molecule has 1 saturated heterocycles. The van der Waals surface area contributed by atoms with Crippen LogP contribution < -0.4 is 20.5 Å². The van der Waals surface area contributed by atoms with E-state index in [2.05, 4.69) is 25.0 Å². The van der Waals surface area contributed by atoms with Crippen molar-refractivity contribution in [3.8, 4) is 16.5 Å². The smallest absolute Gasteiger partial charge is 0.277 e. The van der Waals surface area contributed by atoms with Crippen molar-refractivity contribution in [3.63, 3.8) is 0 Å². The lowest BCUT2D eigenvalue weighted by Gasteiger charge is -2.30. The predicted molar refractivity (Wildman–Crippen MR) is 140 cm³/mol. The molecule has 1 unspecified atom stereocenters. The zero-order valence-corrected chi connectivity index (χ0v) is 22.0. The van der Waals surface area contributed by atoms with Crippen molar-refractivity contribution in [1.29, 1.82) is 0 Å². The van der Waals surface area contributed by atoms with Crippen LogP contribution in [0.5, 0.6) is 5.88 Å². The molecule has 1 aliphatic heterocycles. The number of carbonyl (C=O) groups excluding carboxylic acids is 1. The summed E-state index contributed by atoms with van der Waals surface area (Å²) in [6, 6.07) is 3.42. The van der Waals surface area contributed by atoms with E-state index in [1.54, 1.807) is 24.5 Å². The maximum absolute atomic E-state index is 12.6. The van der Waals surface area contributed by atoms with E-state index < -0.39 is 15.9 Å². The molecular weight excluding hydrogens is 514 g/mol. The van der Waals surface area contributed by atoms with Gasteiger partial charge in [0.1, 0.15) is 5.69 Å². The van der Waals surface area contributed by atoms with Crippen LogP contribution in [0.3, 0.4) is 0 Å². The van der Waals surface area contributed by atoms with Crippen molar-refractivity contribution in [3.05, 3.63) is 47.1 Å². The number of carbonyl (C=O) groups is 1. The van der Waals surface area contributed by atoms with Gasteiger partial charge in [0.05, 0.1) is 46.2 Å². The van der Waals surface area contributed by atoms with Crippen LogP contribution >= 0.6 is 11.3 Å². The summed E-state index contributed by atoms with van der Waals surface area (Å²) in [5.74, 6) is -0.430. The van der Waals surface area contributed by atoms with E-state index in [4.69, 9.17) is 15.5 Å². The molecule has 1 amide bonds. The van der Waals surface area contributed by atoms with E-state index in [1.807, 2.05) is 6.92 Å². The lowest BCUT2D eigenvalue weighted by molar-refractivity contribution is 0.0999. The summed E-state index contributed by atoms with van der Waals surface area (Å²) in [6.45, 7) is 3.96. The van der Waals surface area contributed by atoms with Gasteiger partial charge in [0.25, 0.3) is 5.91 Å². The number of anilines is 1. The molecule has 11 nitrogen and oxygen atoms in total. The number of amides is 1. The number of thiazole rings is 1. The Hall–Kier alpha value is -3.16. The van der Waals surface area contributed by atoms with Crippen LogP contribution in [0, 0.1) is 5.92 Å². The molecule has 5 rings (SSSR count). The first-order valence-electron chi connectivity index (χ1n) is 12.3. The number of nitrogens with zero attached hydrogens (tertiary/aromatic N) is 4. The van der Waals surface area contributed by atoms with Gasteiger partial charge >= 0.3 is 0 Å². The minimum Gasteiger partial charge on any atom is -0.477 e. The van der Waals surface area contributed by atoms with Gasteiger partial charge in [-0.05, 0) is 63.7 Å². The second-order valence-electron chi connectivity index (χ2n) is 9.15. The van der Waals surface area contributed by atoms with Crippen molar-refractivity contribution >= 4 is 33.0 Å². The number of hydrogen-bond donors (Lipinski definition) is 3. The standard InChI is InChI=1S/C24H29N7O4S2/c1-2-35-19-13-27-12-18(29-19)22-21(30-24(36-22)23(25)32)20(14-5-8-26-9-6-14)17-11-15(7-10-28-17)31-37(33,34)16-3-4-16/h7,10-14,16,20,26H,2-6,8-9H2,1H3,(H2,25,32)(H,28,31). The third kappa shape index (κ3) is 5.73. The summed E-state index contributed by atoms with van der Waals surface area (Å²) in [5, 5.41) is 3.20. The number of nitrogens with two attached hydrogens (primary N) is 1. The molecule has 0 aromatic carbocycles. The number of aromatic nitrogens is 4. The average molecular weight is 544 g/mol. The third-order valence-electron chi connectivity index (χ3n) is 6.47. The molecule has 196 valence electrons. The molecule has 0 bridgehead atoms. The van der Waals surface area contributed by atoms with Gasteiger partial charge in [-0.3, -0.25) is 19.5 Å². The number of rotatable bonds is 10. The normalized spacial score (nSPS) is 17.3. The number of nitrogens with one attached hydrogen (secondary N) is 2. The molecule has 0 spiro atoms. The van der Waals surface area contributed by atoms with E-state index in [1.165, 1.54) is 6.20 Å². The van der Waals surface area contributed by atoms with Crippen molar-refractivity contribution < 1.29 is 17.9 Å². The number of primary amides is 1. The Morgan fingerprint density at radius 2 is 2.03 bits per heavy atom. The highest BCUT2D eigenvalue weighted by atomic mass is 32.2. The van der Waals surface area contributed by atoms with E-state index in [0.717, 1.165) is 37.3 Å². The Bertz CT molecular complexity index is 1390. The number of pyridine rings is 1. The highest BCUT2D eigenvalue weighted by Crippen LogP contribution is 2.43. The van der Waals surface area contributed by atoms with Crippen LogP contribution in [0.25, 0.3) is 10.6 Å². The minimum absolute atomic E-state index is 0.147. The van der Waals surface area contributed by atoms with Gasteiger partial charge in [-0.15, -0.1) is 11.3 Å². The predicted octanol–water partition coefficient (Wildman–Crippen LogP) is 2.53. The Labute approximate surface area is 219 Å². The van der Waals surface area contributed by atoms with Crippen LogP contribution in [0.15, 0.2) is 30.7 Å². The van der Waals surface area contributed by atoms with Crippen LogP contribution in [-0.4, -0.2) is 59.2 Å². The van der Waals surface area contributed by atoms with E-state index in [9.17, 15) is 13.2 Å². The Morgan fingerprint density at radius 3 is 2.73 bits per heavy atom. The highest BCUT2D eigenvalue weighted by Gasteiger charge is 2.37. The van der Waals surface area contributed by atoms with Gasteiger partial charge in [0, 0.05) is 12.1 Å². The summed E-state index contributed by atoms with van der Waals surface area (Å²) in [5.41, 5.74) is 7.92. The summed E-state index contributed by atoms with van der Waals surface area (Å²) >= 11 is 1.16. The van der Waals surface area contributed by atoms with Crippen LogP contribution in [-0.2, 0) is 10.0 Å². The molecule has 2 aliphatic rings. The fraction of sp³-hybridized carbons (Fsp3) is 0.458. The van der Waals surface area contributed by atoms with E-state index in [-0.39, 0.29) is 22.1 Å². The lowest BCUT2D eigenvalue weighted by atomic mass is 9.80. The molecule has 0 radical (unpaired) electrons. The molecule has 2 fully saturated rings. The van der Waals surface area contributed by atoms with Gasteiger partial charge in [0.15, 0.2) is 5.01 Å². The van der Waals surface area contributed by atoms with E-state index >= 15 is 0 Å². The SMILES string of the molecule is CCOc1cncc(-c2sc(C(N)=O)nc2C(c2cc(NS(=O)(=O)C3CC3)ccn2)C2CCNCC2)n1. The Kier molecular flexibility index (Phi) is 7.36. The van der Waals surface area contributed by atoms with Crippen molar-refractivity contribution in [2.75, 3.05) is 24.4 Å². The first-order valence-corrected chi connectivity index (χ1v) is 14.7. The molecule has 37 heavy (non-hydrogen) atoms. The Morgan fingerprint density at radius 1 is 1.24 bits per heavy atom. The second kappa shape index (κ2) is 10.7. The van der Waals surface area contributed by atoms with Gasteiger partial charge in [-0.25, -0.2) is 18.4 Å². The molecule has 4 heterocycles. The maximum atomic E-state index is 12.6. The molecule has 3 aromatic rings. The molecule has 1 aliphatic carbocycles. The van der Waals surface area contributed by atoms with Gasteiger partial charge < -0.3 is 15.8 Å². The summed E-state index contributed by atoms with van der Waals surface area (Å²) in [6.07, 6.45) is 7.80. The molecular formula is C24H29N7O4S2. The fourth-order valence-corrected chi connectivity index (χ4v) is 6.89. The number of ether oxygens (including phenoxy) is 1. The van der Waals surface area contributed by atoms with Crippen molar-refractivity contribution in [2.45, 2.75) is 43.8 Å². The lowest BCUT2D eigenvalue weighted by Crippen LogP contribution is -2.32. The zero-order valence-electron chi connectivity index (χ0n) is 20.4. The van der Waals surface area contributed by atoms with Crippen molar-refractivity contribution in [1.82, 2.24) is 25.3 Å². The van der Waals surface area contributed by atoms with Crippen LogP contribution in [0.4, 0.5) is 5.69 Å². The molecule has 4 N–H and O–H groups in total. The second-order valence-corrected chi connectivity index (χ2v) is 12.1. The molecule has 1 saturated carbocycles. The fourth-order valence-electron chi connectivity index (χ4n) is 4.60. The van der Waals surface area contributed by atoms with Crippen LogP contribution in [0.2, 0.25) is 0 Å². The monoisotopic (exact) mass is 543 g/mol. The topological polar surface area (TPSA) is 162 Å². The first-order chi connectivity index (χ1) is 17.9. The maximum Gasteiger partial charge on any atom is 0.277 e. The van der Waals surface area contributed by atoms with E-state index in [0.29, 0.717) is 53.0 Å². The summed E-state index contributed by atoms with van der Waals surface area (Å²) in [4.78, 5) is 31.1.